The van der Waals surface area contributed by atoms with Crippen LogP contribution in [0.25, 0.3) is 32.6 Å². The number of benzene rings is 4. The first-order valence-electron chi connectivity index (χ1n) is 16.1. The van der Waals surface area contributed by atoms with Crippen molar-refractivity contribution >= 4 is 18.5 Å². The molecule has 4 bridgehead atoms. The first-order valence-corrected chi connectivity index (χ1v) is 21.9. The van der Waals surface area contributed by atoms with Gasteiger partial charge in [-0.05, 0) is 0 Å². The zero-order valence-electron chi connectivity index (χ0n) is 26.1. The molecule has 2 atom stereocenters. The summed E-state index contributed by atoms with van der Waals surface area (Å²) in [6.07, 6.45) is 4.55. The number of rotatable bonds is 6. The Kier molecular flexibility index (Phi) is 7.31. The van der Waals surface area contributed by atoms with Crippen molar-refractivity contribution in [1.82, 2.24) is 0 Å². The van der Waals surface area contributed by atoms with Gasteiger partial charge < -0.3 is 0 Å². The van der Waals surface area contributed by atoms with Crippen LogP contribution in [0.15, 0.2) is 96.1 Å². The van der Waals surface area contributed by atoms with Gasteiger partial charge in [-0.1, -0.05) is 0 Å². The number of allylic oxidation sites excluding steroid dienone is 2. The SMILES string of the molecule is CCC1=C2c3c(-c4ccc(CC)cc4)cccc3[CH]1[Zr][CH]1C(CC)=C(c3c(-c4ccc(CC)cc4)cccc31)[Si]2(C)C. The van der Waals surface area contributed by atoms with Gasteiger partial charge in [-0.15, -0.1) is 0 Å². The Labute approximate surface area is 265 Å². The van der Waals surface area contributed by atoms with E-state index < -0.39 is 31.3 Å². The summed E-state index contributed by atoms with van der Waals surface area (Å²) < 4.78 is 1.36. The number of hydrogen-bond acceptors (Lipinski definition) is 0. The van der Waals surface area contributed by atoms with Crippen LogP contribution >= 0.6 is 0 Å². The molecule has 42 heavy (non-hydrogen) atoms. The molecule has 0 nitrogen and oxygen atoms in total. The van der Waals surface area contributed by atoms with Crippen molar-refractivity contribution in [3.05, 3.63) is 129 Å². The minimum absolute atomic E-state index is 0.678. The second kappa shape index (κ2) is 10.9. The fraction of sp³-hybridized carbons (Fsp3) is 0.300. The van der Waals surface area contributed by atoms with Crippen molar-refractivity contribution < 1.29 is 23.2 Å². The summed E-state index contributed by atoms with van der Waals surface area (Å²) in [5, 5.41) is 3.56. The van der Waals surface area contributed by atoms with Gasteiger partial charge in [0.25, 0.3) is 0 Å². The third kappa shape index (κ3) is 4.16. The molecular formula is C40H42SiZr. The molecular weight excluding hydrogens is 600 g/mol. The van der Waals surface area contributed by atoms with E-state index in [1.165, 1.54) is 46.2 Å². The fourth-order valence-corrected chi connectivity index (χ4v) is 19.0. The average molecular weight is 642 g/mol. The van der Waals surface area contributed by atoms with E-state index in [1.54, 1.807) is 32.6 Å². The van der Waals surface area contributed by atoms with E-state index in [4.69, 9.17) is 0 Å². The van der Waals surface area contributed by atoms with Crippen molar-refractivity contribution in [2.75, 3.05) is 0 Å². The van der Waals surface area contributed by atoms with Crippen LogP contribution in [0.1, 0.15) is 81.2 Å². The molecule has 210 valence electrons. The first kappa shape index (κ1) is 28.2. The van der Waals surface area contributed by atoms with E-state index in [0.29, 0.717) is 7.25 Å². The average Bonchev–Trinajstić information content (AvgIpc) is 3.55. The number of aryl methyl sites for hydroxylation is 2. The Bertz CT molecular complexity index is 1620. The van der Waals surface area contributed by atoms with Crippen LogP contribution in [-0.2, 0) is 36.1 Å². The van der Waals surface area contributed by atoms with E-state index in [1.807, 2.05) is 11.1 Å². The Morgan fingerprint density at radius 3 is 1.29 bits per heavy atom. The number of fused-ring (bicyclic) bond motifs is 8. The van der Waals surface area contributed by atoms with Crippen molar-refractivity contribution in [3.8, 4) is 22.3 Å². The van der Waals surface area contributed by atoms with Crippen molar-refractivity contribution in [1.29, 1.82) is 0 Å². The molecule has 2 unspecified atom stereocenters. The van der Waals surface area contributed by atoms with Crippen LogP contribution in [-0.4, -0.2) is 8.07 Å². The molecule has 3 aliphatic rings. The second-order valence-electron chi connectivity index (χ2n) is 12.8. The molecule has 4 aromatic carbocycles. The van der Waals surface area contributed by atoms with Gasteiger partial charge in [0.05, 0.1) is 0 Å². The molecule has 0 aromatic heterocycles. The Morgan fingerprint density at radius 2 is 0.929 bits per heavy atom. The molecule has 0 N–H and O–H groups in total. The summed E-state index contributed by atoms with van der Waals surface area (Å²) in [7, 11) is -2.10. The molecule has 4 aromatic rings. The van der Waals surface area contributed by atoms with Crippen LogP contribution in [0, 0.1) is 0 Å². The number of hydrogen-bond donors (Lipinski definition) is 0. The Balaban J connectivity index is 1.48. The predicted molar refractivity (Wildman–Crippen MR) is 180 cm³/mol. The van der Waals surface area contributed by atoms with Crippen LogP contribution in [0.4, 0.5) is 0 Å². The topological polar surface area (TPSA) is 0 Å². The van der Waals surface area contributed by atoms with Gasteiger partial charge in [-0.2, -0.15) is 0 Å². The molecule has 0 radical (unpaired) electrons. The van der Waals surface area contributed by atoms with Gasteiger partial charge >= 0.3 is 267 Å². The van der Waals surface area contributed by atoms with Crippen LogP contribution in [0.3, 0.4) is 0 Å². The van der Waals surface area contributed by atoms with Gasteiger partial charge in [0.15, 0.2) is 0 Å². The summed E-state index contributed by atoms with van der Waals surface area (Å²) in [5.74, 6) is 0. The van der Waals surface area contributed by atoms with Crippen molar-refractivity contribution in [3.63, 3.8) is 0 Å². The minimum atomic E-state index is -2.10. The molecule has 0 saturated carbocycles. The van der Waals surface area contributed by atoms with E-state index in [-0.39, 0.29) is 0 Å². The van der Waals surface area contributed by atoms with Crippen LogP contribution < -0.4 is 0 Å². The zero-order chi connectivity index (χ0) is 29.2. The first-order chi connectivity index (χ1) is 20.4. The predicted octanol–water partition coefficient (Wildman–Crippen LogP) is 11.2. The van der Waals surface area contributed by atoms with Gasteiger partial charge in [-0.25, -0.2) is 0 Å². The third-order valence-electron chi connectivity index (χ3n) is 10.3. The quantitative estimate of drug-likeness (QED) is 0.184. The molecule has 2 aliphatic carbocycles. The molecule has 1 aliphatic heterocycles. The van der Waals surface area contributed by atoms with E-state index in [2.05, 4.69) is 126 Å². The maximum atomic E-state index is 2.70. The monoisotopic (exact) mass is 640 g/mol. The maximum absolute atomic E-state index is 2.70. The van der Waals surface area contributed by atoms with Crippen molar-refractivity contribution in [2.24, 2.45) is 0 Å². The molecule has 2 heteroatoms. The summed E-state index contributed by atoms with van der Waals surface area (Å²) in [6.45, 7) is 14.8. The molecule has 0 saturated heterocycles. The van der Waals surface area contributed by atoms with Gasteiger partial charge in [0, 0.05) is 0 Å². The van der Waals surface area contributed by atoms with Gasteiger partial charge in [0.1, 0.15) is 0 Å². The normalized spacial score (nSPS) is 19.8. The fourth-order valence-electron chi connectivity index (χ4n) is 8.35. The third-order valence-corrected chi connectivity index (χ3v) is 18.9. The van der Waals surface area contributed by atoms with Gasteiger partial charge in [0.2, 0.25) is 0 Å². The standard InChI is InChI=1S/C40H42Si.Zr/c1-7-27-17-21-31(22-18-27)35-15-11-13-33-25-29(9-3)39(37(33)35)41(5,6)40-30(10-4)26-34-14-12-16-36(38(34)40)32-23-19-28(8-2)20-24-32;/h11-26H,7-10H2,1-6H3;. The van der Waals surface area contributed by atoms with E-state index in [9.17, 15) is 0 Å². The molecule has 0 fully saturated rings. The Morgan fingerprint density at radius 1 is 0.524 bits per heavy atom. The molecule has 0 spiro atoms. The summed E-state index contributed by atoms with van der Waals surface area (Å²) in [4.78, 5) is 0. The molecule has 0 amide bonds. The van der Waals surface area contributed by atoms with Crippen molar-refractivity contribution in [2.45, 2.75) is 73.7 Å². The van der Waals surface area contributed by atoms with Gasteiger partial charge in [-0.3, -0.25) is 0 Å². The van der Waals surface area contributed by atoms with E-state index in [0.717, 1.165) is 12.8 Å². The Hall–Kier alpha value is -2.54. The summed E-state index contributed by atoms with van der Waals surface area (Å²) in [5.41, 5.74) is 18.8. The second-order valence-corrected chi connectivity index (χ2v) is 20.7. The summed E-state index contributed by atoms with van der Waals surface area (Å²) >= 11 is -0.911. The van der Waals surface area contributed by atoms with E-state index >= 15 is 0 Å². The van der Waals surface area contributed by atoms with Crippen LogP contribution in [0.5, 0.6) is 0 Å². The zero-order valence-corrected chi connectivity index (χ0v) is 29.5. The van der Waals surface area contributed by atoms with Crippen LogP contribution in [0.2, 0.25) is 13.1 Å². The molecule has 7 rings (SSSR count). The summed E-state index contributed by atoms with van der Waals surface area (Å²) in [6, 6.07) is 33.5. The molecule has 1 heterocycles.